The number of nitrogens with one attached hydrogen (secondary N) is 1. The van der Waals surface area contributed by atoms with Crippen LogP contribution in [-0.2, 0) is 19.7 Å². The third kappa shape index (κ3) is 10.3. The summed E-state index contributed by atoms with van der Waals surface area (Å²) < 4.78 is 43.0. The number of carbonyl (C=O) groups is 1. The summed E-state index contributed by atoms with van der Waals surface area (Å²) in [5, 5.41) is 2.43. The van der Waals surface area contributed by atoms with Gasteiger partial charge in [0, 0.05) is 7.11 Å². The average molecular weight is 285 g/mol. The second-order valence-electron chi connectivity index (χ2n) is 4.83. The predicted molar refractivity (Wildman–Crippen MR) is 64.5 cm³/mol. The van der Waals surface area contributed by atoms with E-state index in [1.165, 1.54) is 7.11 Å². The van der Waals surface area contributed by atoms with Crippen LogP contribution in [0.25, 0.3) is 0 Å². The molecule has 0 radical (unpaired) electrons. The molecule has 1 N–H and O–H groups in total. The van der Waals surface area contributed by atoms with Gasteiger partial charge in [-0.1, -0.05) is 0 Å². The minimum atomic E-state index is -4.56. The van der Waals surface area contributed by atoms with Gasteiger partial charge in [0.25, 0.3) is 0 Å². The molecule has 0 fully saturated rings. The Kier molecular flexibility index (Phi) is 6.55. The van der Waals surface area contributed by atoms with Crippen molar-refractivity contribution < 1.29 is 26.6 Å². The van der Waals surface area contributed by atoms with E-state index in [1.54, 1.807) is 20.8 Å². The van der Waals surface area contributed by atoms with E-state index in [-0.39, 0.29) is 13.0 Å². The molecule has 0 aliphatic heterocycles. The Morgan fingerprint density at radius 1 is 1.39 bits per heavy atom. The minimum Gasteiger partial charge on any atom is -0.444 e. The number of alkyl carbamates (subject to hydrolysis) is 1. The molecule has 108 valence electrons. The summed E-state index contributed by atoms with van der Waals surface area (Å²) in [5.41, 5.74) is -0.659. The van der Waals surface area contributed by atoms with E-state index in [1.807, 2.05) is 0 Å². The first kappa shape index (κ1) is 17.1. The fourth-order valence-electron chi connectivity index (χ4n) is 1.16. The molecule has 0 aromatic carbocycles. The number of methoxy groups -OCH3 is 1. The van der Waals surface area contributed by atoms with Crippen LogP contribution in [0.4, 0.5) is 8.68 Å². The SMILES string of the molecule is COCC(CCS(=O)(=O)F)NC(=O)OC(C)(C)C. The van der Waals surface area contributed by atoms with Crippen molar-refractivity contribution in [2.24, 2.45) is 0 Å². The molecule has 0 rings (SSSR count). The number of hydrogen-bond donors (Lipinski definition) is 1. The topological polar surface area (TPSA) is 81.7 Å². The molecular weight excluding hydrogens is 265 g/mol. The van der Waals surface area contributed by atoms with Gasteiger partial charge in [-0.2, -0.15) is 8.42 Å². The Morgan fingerprint density at radius 3 is 2.33 bits per heavy atom. The first-order valence-corrected chi connectivity index (χ1v) is 6.99. The van der Waals surface area contributed by atoms with Gasteiger partial charge in [-0.15, -0.1) is 3.89 Å². The Labute approximate surface area is 107 Å². The zero-order valence-electron chi connectivity index (χ0n) is 11.0. The maximum absolute atomic E-state index is 12.4. The van der Waals surface area contributed by atoms with Crippen LogP contribution in [0.5, 0.6) is 0 Å². The lowest BCUT2D eigenvalue weighted by molar-refractivity contribution is 0.0467. The molecule has 18 heavy (non-hydrogen) atoms. The highest BCUT2D eigenvalue weighted by Crippen LogP contribution is 2.08. The fourth-order valence-corrected chi connectivity index (χ4v) is 1.72. The van der Waals surface area contributed by atoms with Crippen molar-refractivity contribution in [3.8, 4) is 0 Å². The quantitative estimate of drug-likeness (QED) is 0.742. The largest absolute Gasteiger partial charge is 0.444 e. The van der Waals surface area contributed by atoms with Crippen molar-refractivity contribution in [3.63, 3.8) is 0 Å². The molecule has 1 atom stereocenters. The molecule has 0 spiro atoms. The van der Waals surface area contributed by atoms with Gasteiger partial charge < -0.3 is 14.8 Å². The molecule has 1 unspecified atom stereocenters. The molecule has 0 saturated heterocycles. The predicted octanol–water partition coefficient (Wildman–Crippen LogP) is 1.22. The summed E-state index contributed by atoms with van der Waals surface area (Å²) in [6.07, 6.45) is -0.771. The highest BCUT2D eigenvalue weighted by molar-refractivity contribution is 7.86. The first-order valence-electron chi connectivity index (χ1n) is 5.44. The standard InChI is InChI=1S/C10H20FNO5S/c1-10(2,3)17-9(13)12-8(7-16-4)5-6-18(11,14)15/h8H,5-7H2,1-4H3,(H,12,13). The van der Waals surface area contributed by atoms with Gasteiger partial charge in [0.2, 0.25) is 0 Å². The van der Waals surface area contributed by atoms with Gasteiger partial charge in [-0.3, -0.25) is 0 Å². The van der Waals surface area contributed by atoms with Crippen LogP contribution < -0.4 is 5.32 Å². The maximum atomic E-state index is 12.4. The summed E-state index contributed by atoms with van der Waals surface area (Å²) in [4.78, 5) is 11.4. The zero-order chi connectivity index (χ0) is 14.4. The zero-order valence-corrected chi connectivity index (χ0v) is 11.8. The van der Waals surface area contributed by atoms with E-state index in [2.05, 4.69) is 5.32 Å². The van der Waals surface area contributed by atoms with Crippen molar-refractivity contribution in [1.82, 2.24) is 5.32 Å². The van der Waals surface area contributed by atoms with Crippen LogP contribution in [0.2, 0.25) is 0 Å². The number of rotatable bonds is 6. The lowest BCUT2D eigenvalue weighted by atomic mass is 10.2. The van der Waals surface area contributed by atoms with Crippen LogP contribution >= 0.6 is 0 Å². The number of hydrogen-bond acceptors (Lipinski definition) is 5. The van der Waals surface area contributed by atoms with Gasteiger partial charge in [0.05, 0.1) is 18.4 Å². The Bertz CT molecular complexity index is 363. The van der Waals surface area contributed by atoms with Gasteiger partial charge >= 0.3 is 16.3 Å². The Morgan fingerprint density at radius 2 is 1.94 bits per heavy atom. The first-order chi connectivity index (χ1) is 8.03. The van der Waals surface area contributed by atoms with Crippen LogP contribution in [0.15, 0.2) is 0 Å². The van der Waals surface area contributed by atoms with E-state index in [0.29, 0.717) is 0 Å². The van der Waals surface area contributed by atoms with Gasteiger partial charge in [-0.25, -0.2) is 4.79 Å². The van der Waals surface area contributed by atoms with Gasteiger partial charge in [0.15, 0.2) is 0 Å². The van der Waals surface area contributed by atoms with Crippen molar-refractivity contribution in [2.45, 2.75) is 38.8 Å². The van der Waals surface area contributed by atoms with E-state index in [4.69, 9.17) is 9.47 Å². The smallest absolute Gasteiger partial charge is 0.407 e. The summed E-state index contributed by atoms with van der Waals surface area (Å²) >= 11 is 0. The minimum absolute atomic E-state index is 0.0775. The third-order valence-corrected chi connectivity index (χ3v) is 2.52. The fraction of sp³-hybridized carbons (Fsp3) is 0.900. The molecular formula is C10H20FNO5S. The van der Waals surface area contributed by atoms with E-state index in [0.717, 1.165) is 0 Å². The van der Waals surface area contributed by atoms with Crippen LogP contribution in [-0.4, -0.2) is 45.6 Å². The lowest BCUT2D eigenvalue weighted by Crippen LogP contribution is -2.42. The second-order valence-corrected chi connectivity index (χ2v) is 6.32. The molecule has 6 nitrogen and oxygen atoms in total. The maximum Gasteiger partial charge on any atom is 0.407 e. The number of halogens is 1. The highest BCUT2D eigenvalue weighted by atomic mass is 32.3. The van der Waals surface area contributed by atoms with Gasteiger partial charge in [0.1, 0.15) is 5.60 Å². The third-order valence-electron chi connectivity index (χ3n) is 1.80. The molecule has 1 amide bonds. The van der Waals surface area contributed by atoms with E-state index in [9.17, 15) is 17.1 Å². The lowest BCUT2D eigenvalue weighted by Gasteiger charge is -2.23. The van der Waals surface area contributed by atoms with Crippen molar-refractivity contribution >= 4 is 16.3 Å². The molecule has 0 bridgehead atoms. The molecule has 0 saturated carbocycles. The van der Waals surface area contributed by atoms with Crippen molar-refractivity contribution in [1.29, 1.82) is 0 Å². The average Bonchev–Trinajstić information content (AvgIpc) is 2.10. The van der Waals surface area contributed by atoms with E-state index >= 15 is 0 Å². The molecule has 0 aliphatic carbocycles. The normalized spacial score (nSPS) is 14.1. The Hall–Kier alpha value is -0.890. The summed E-state index contributed by atoms with van der Waals surface area (Å²) in [5.74, 6) is -0.670. The van der Waals surface area contributed by atoms with Crippen LogP contribution in [0.1, 0.15) is 27.2 Å². The summed E-state index contributed by atoms with van der Waals surface area (Å²) in [6, 6.07) is -0.615. The van der Waals surface area contributed by atoms with E-state index < -0.39 is 33.7 Å². The molecule has 0 heterocycles. The Balaban J connectivity index is 4.31. The molecule has 8 heteroatoms. The van der Waals surface area contributed by atoms with Gasteiger partial charge in [-0.05, 0) is 27.2 Å². The molecule has 0 aromatic rings. The second kappa shape index (κ2) is 6.89. The summed E-state index contributed by atoms with van der Waals surface area (Å²) in [7, 11) is -3.16. The molecule has 0 aromatic heterocycles. The van der Waals surface area contributed by atoms with Crippen molar-refractivity contribution in [3.05, 3.63) is 0 Å². The highest BCUT2D eigenvalue weighted by Gasteiger charge is 2.21. The number of carbonyl (C=O) groups excluding carboxylic acids is 1. The number of amides is 1. The summed E-state index contributed by atoms with van der Waals surface area (Å²) in [6.45, 7) is 5.17. The molecule has 0 aliphatic rings. The monoisotopic (exact) mass is 285 g/mol. The van der Waals surface area contributed by atoms with Crippen molar-refractivity contribution in [2.75, 3.05) is 19.5 Å². The van der Waals surface area contributed by atoms with Crippen LogP contribution in [0, 0.1) is 0 Å². The van der Waals surface area contributed by atoms with Crippen LogP contribution in [0.3, 0.4) is 0 Å². The number of ether oxygens (including phenoxy) is 2.